The maximum absolute atomic E-state index is 13.1. The van der Waals surface area contributed by atoms with Gasteiger partial charge < -0.3 is 10.1 Å². The van der Waals surface area contributed by atoms with Crippen LogP contribution in [-0.4, -0.2) is 28.7 Å². The van der Waals surface area contributed by atoms with Crippen molar-refractivity contribution in [1.82, 2.24) is 10.2 Å². The Bertz CT molecular complexity index is 709. The second kappa shape index (κ2) is 9.33. The lowest BCUT2D eigenvalue weighted by atomic mass is 10.2. The van der Waals surface area contributed by atoms with Crippen molar-refractivity contribution in [3.63, 3.8) is 0 Å². The molecule has 0 aliphatic heterocycles. The van der Waals surface area contributed by atoms with Crippen LogP contribution in [-0.2, 0) is 20.1 Å². The number of thioether (sulfide) groups is 1. The van der Waals surface area contributed by atoms with E-state index in [9.17, 15) is 14.0 Å². The predicted octanol–water partition coefficient (Wildman–Crippen LogP) is 3.25. The Labute approximate surface area is 146 Å². The Morgan fingerprint density at radius 1 is 1.33 bits per heavy atom. The first-order valence-electron chi connectivity index (χ1n) is 7.23. The number of rotatable bonds is 8. The number of nitrogens with zero attached hydrogens (tertiary/aromatic N) is 2. The van der Waals surface area contributed by atoms with Crippen LogP contribution in [0.15, 0.2) is 28.6 Å². The first kappa shape index (κ1) is 18.3. The number of hydrogen-bond acceptors (Lipinski definition) is 7. The van der Waals surface area contributed by atoms with Crippen LogP contribution in [0.5, 0.6) is 0 Å². The minimum Gasteiger partial charge on any atom is -0.466 e. The van der Waals surface area contributed by atoms with Crippen LogP contribution in [0.4, 0.5) is 9.52 Å². The second-order valence-electron chi connectivity index (χ2n) is 4.64. The van der Waals surface area contributed by atoms with Crippen molar-refractivity contribution in [2.24, 2.45) is 0 Å². The van der Waals surface area contributed by atoms with Crippen LogP contribution in [0, 0.1) is 5.82 Å². The molecule has 0 aliphatic rings. The summed E-state index contributed by atoms with van der Waals surface area (Å²) >= 11 is 2.64. The molecular formula is C15H16FN3O3S2. The maximum Gasteiger partial charge on any atom is 0.306 e. The van der Waals surface area contributed by atoms with Gasteiger partial charge in [-0.1, -0.05) is 35.2 Å². The average Bonchev–Trinajstić information content (AvgIpc) is 2.99. The van der Waals surface area contributed by atoms with Crippen LogP contribution >= 0.6 is 23.1 Å². The number of ether oxygens (including phenoxy) is 1. The van der Waals surface area contributed by atoms with E-state index in [2.05, 4.69) is 15.5 Å². The van der Waals surface area contributed by atoms with E-state index < -0.39 is 5.97 Å². The van der Waals surface area contributed by atoms with Gasteiger partial charge in [-0.3, -0.25) is 9.59 Å². The molecule has 1 N–H and O–H groups in total. The summed E-state index contributed by atoms with van der Waals surface area (Å²) in [5.74, 6) is -0.444. The van der Waals surface area contributed by atoms with Crippen molar-refractivity contribution in [3.05, 3.63) is 35.6 Å². The summed E-state index contributed by atoms with van der Waals surface area (Å²) in [5.41, 5.74) is 0.843. The Balaban J connectivity index is 1.78. The minimum absolute atomic E-state index is 0.0274. The topological polar surface area (TPSA) is 81.2 Å². The predicted molar refractivity (Wildman–Crippen MR) is 90.4 cm³/mol. The first-order valence-corrected chi connectivity index (χ1v) is 9.03. The zero-order chi connectivity index (χ0) is 17.4. The fraction of sp³-hybridized carbons (Fsp3) is 0.333. The summed E-state index contributed by atoms with van der Waals surface area (Å²) in [5, 5.41) is 10.8. The Morgan fingerprint density at radius 2 is 2.17 bits per heavy atom. The lowest BCUT2D eigenvalue weighted by Crippen LogP contribution is -2.14. The summed E-state index contributed by atoms with van der Waals surface area (Å²) in [6.07, 6.45) is 0.0594. The highest BCUT2D eigenvalue weighted by Gasteiger charge is 2.11. The monoisotopic (exact) mass is 369 g/mol. The van der Waals surface area contributed by atoms with E-state index >= 15 is 0 Å². The quantitative estimate of drug-likeness (QED) is 0.437. The lowest BCUT2D eigenvalue weighted by Gasteiger charge is -2.01. The molecule has 0 bridgehead atoms. The largest absolute Gasteiger partial charge is 0.466 e. The van der Waals surface area contributed by atoms with Gasteiger partial charge in [0.05, 0.1) is 13.0 Å². The third-order valence-corrected chi connectivity index (χ3v) is 4.81. The molecule has 24 heavy (non-hydrogen) atoms. The third-order valence-electron chi connectivity index (χ3n) is 2.77. The van der Waals surface area contributed by atoms with Gasteiger partial charge in [-0.15, -0.1) is 10.2 Å². The second-order valence-corrected chi connectivity index (χ2v) is 6.84. The summed E-state index contributed by atoms with van der Waals surface area (Å²) in [6.45, 7) is 2.00. The van der Waals surface area contributed by atoms with Crippen LogP contribution in [0.3, 0.4) is 0 Å². The SMILES string of the molecule is CCOC(=O)CCC(=O)Nc1nnc(SCc2cccc(F)c2)s1. The van der Waals surface area contributed by atoms with Crippen molar-refractivity contribution in [2.75, 3.05) is 11.9 Å². The Morgan fingerprint density at radius 3 is 2.92 bits per heavy atom. The molecular weight excluding hydrogens is 353 g/mol. The molecule has 2 rings (SSSR count). The van der Waals surface area contributed by atoms with Crippen LogP contribution in [0.1, 0.15) is 25.3 Å². The van der Waals surface area contributed by atoms with E-state index in [1.54, 1.807) is 13.0 Å². The molecule has 0 atom stereocenters. The van der Waals surface area contributed by atoms with E-state index in [0.29, 0.717) is 21.8 Å². The molecule has 6 nitrogen and oxygen atoms in total. The molecule has 128 valence electrons. The van der Waals surface area contributed by atoms with Crippen molar-refractivity contribution in [2.45, 2.75) is 29.9 Å². The van der Waals surface area contributed by atoms with Gasteiger partial charge in [-0.2, -0.15) is 0 Å². The molecule has 1 amide bonds. The summed E-state index contributed by atoms with van der Waals surface area (Å²) in [4.78, 5) is 22.9. The van der Waals surface area contributed by atoms with Crippen molar-refractivity contribution in [1.29, 1.82) is 0 Å². The van der Waals surface area contributed by atoms with E-state index in [0.717, 1.165) is 5.56 Å². The van der Waals surface area contributed by atoms with Gasteiger partial charge in [0.15, 0.2) is 4.34 Å². The molecule has 0 fully saturated rings. The van der Waals surface area contributed by atoms with E-state index in [4.69, 9.17) is 4.74 Å². The number of anilines is 1. The molecule has 0 saturated heterocycles. The van der Waals surface area contributed by atoms with E-state index in [1.165, 1.54) is 35.2 Å². The van der Waals surface area contributed by atoms with Gasteiger partial charge in [0, 0.05) is 12.2 Å². The lowest BCUT2D eigenvalue weighted by molar-refractivity contribution is -0.144. The number of carbonyl (C=O) groups excluding carboxylic acids is 2. The fourth-order valence-corrected chi connectivity index (χ4v) is 3.43. The third kappa shape index (κ3) is 6.25. The number of halogens is 1. The standard InChI is InChI=1S/C15H16FN3O3S2/c1-2-22-13(21)7-6-12(20)17-14-18-19-15(24-14)23-9-10-4-3-5-11(16)8-10/h3-5,8H,2,6-7,9H2,1H3,(H,17,18,20). The summed E-state index contributed by atoms with van der Waals surface area (Å²) in [7, 11) is 0. The molecule has 0 spiro atoms. The van der Waals surface area contributed by atoms with Gasteiger partial charge in [-0.05, 0) is 24.6 Å². The van der Waals surface area contributed by atoms with Gasteiger partial charge in [-0.25, -0.2) is 4.39 Å². The van der Waals surface area contributed by atoms with Crippen LogP contribution in [0.2, 0.25) is 0 Å². The zero-order valence-corrected chi connectivity index (χ0v) is 14.6. The molecule has 1 aromatic heterocycles. The number of aromatic nitrogens is 2. The van der Waals surface area contributed by atoms with Crippen molar-refractivity contribution >= 4 is 40.1 Å². The maximum atomic E-state index is 13.1. The summed E-state index contributed by atoms with van der Waals surface area (Å²) < 4.78 is 18.5. The van der Waals surface area contributed by atoms with E-state index in [1.807, 2.05) is 6.07 Å². The van der Waals surface area contributed by atoms with Crippen LogP contribution < -0.4 is 5.32 Å². The minimum atomic E-state index is -0.406. The number of carbonyl (C=O) groups is 2. The van der Waals surface area contributed by atoms with Gasteiger partial charge in [0.1, 0.15) is 5.82 Å². The number of esters is 1. The van der Waals surface area contributed by atoms with Gasteiger partial charge in [0.2, 0.25) is 11.0 Å². The number of amides is 1. The first-order chi connectivity index (χ1) is 11.6. The highest BCUT2D eigenvalue weighted by Crippen LogP contribution is 2.28. The number of nitrogens with one attached hydrogen (secondary N) is 1. The highest BCUT2D eigenvalue weighted by molar-refractivity contribution is 8.00. The van der Waals surface area contributed by atoms with Crippen molar-refractivity contribution in [3.8, 4) is 0 Å². The normalized spacial score (nSPS) is 10.4. The van der Waals surface area contributed by atoms with Crippen molar-refractivity contribution < 1.29 is 18.7 Å². The van der Waals surface area contributed by atoms with Gasteiger partial charge >= 0.3 is 5.97 Å². The molecule has 0 unspecified atom stereocenters. The van der Waals surface area contributed by atoms with E-state index in [-0.39, 0.29) is 24.6 Å². The number of benzene rings is 1. The van der Waals surface area contributed by atoms with Gasteiger partial charge in [0.25, 0.3) is 0 Å². The smallest absolute Gasteiger partial charge is 0.306 e. The average molecular weight is 369 g/mol. The molecule has 1 heterocycles. The Hall–Kier alpha value is -2.00. The molecule has 0 radical (unpaired) electrons. The fourth-order valence-electron chi connectivity index (χ4n) is 1.72. The zero-order valence-electron chi connectivity index (χ0n) is 13.0. The molecule has 1 aromatic carbocycles. The number of hydrogen-bond donors (Lipinski definition) is 1. The molecule has 0 aliphatic carbocycles. The Kier molecular flexibility index (Phi) is 7.13. The highest BCUT2D eigenvalue weighted by atomic mass is 32.2. The summed E-state index contributed by atoms with van der Waals surface area (Å²) in [6, 6.07) is 6.34. The van der Waals surface area contributed by atoms with Crippen LogP contribution in [0.25, 0.3) is 0 Å². The molecule has 2 aromatic rings. The molecule has 0 saturated carbocycles. The molecule has 9 heteroatoms.